The van der Waals surface area contributed by atoms with E-state index in [4.69, 9.17) is 0 Å². The molecule has 1 saturated heterocycles. The van der Waals surface area contributed by atoms with Gasteiger partial charge in [-0.15, -0.1) is 23.5 Å². The van der Waals surface area contributed by atoms with Crippen LogP contribution in [0.15, 0.2) is 0 Å². The zero-order valence-electron chi connectivity index (χ0n) is 7.17. The van der Waals surface area contributed by atoms with Crippen LogP contribution in [-0.2, 0) is 0 Å². The highest BCUT2D eigenvalue weighted by molar-refractivity contribution is 8.18. The van der Waals surface area contributed by atoms with Crippen molar-refractivity contribution in [1.29, 1.82) is 0 Å². The summed E-state index contributed by atoms with van der Waals surface area (Å²) >= 11 is 3.99. The third-order valence-corrected chi connectivity index (χ3v) is 5.02. The normalized spacial score (nSPS) is 26.5. The van der Waals surface area contributed by atoms with Crippen molar-refractivity contribution in [2.24, 2.45) is 0 Å². The molecule has 0 aliphatic carbocycles. The quantitative estimate of drug-likeness (QED) is 0.725. The molecular weight excluding hydrogens is 176 g/mol. The first-order valence-electron chi connectivity index (χ1n) is 4.08. The predicted molar refractivity (Wildman–Crippen MR) is 54.2 cm³/mol. The molecule has 1 aliphatic heterocycles. The Hall–Kier alpha value is 0.660. The van der Waals surface area contributed by atoms with E-state index in [2.05, 4.69) is 6.92 Å². The molecule has 1 N–H and O–H groups in total. The second-order valence-electron chi connectivity index (χ2n) is 3.24. The van der Waals surface area contributed by atoms with E-state index in [0.717, 1.165) is 6.42 Å². The predicted octanol–water partition coefficient (Wildman–Crippen LogP) is 2.34. The first-order valence-corrected chi connectivity index (χ1v) is 6.05. The lowest BCUT2D eigenvalue weighted by atomic mass is 10.2. The van der Waals surface area contributed by atoms with Gasteiger partial charge in [-0.2, -0.15) is 0 Å². The van der Waals surface area contributed by atoms with Gasteiger partial charge in [0, 0.05) is 0 Å². The van der Waals surface area contributed by atoms with E-state index in [-0.39, 0.29) is 10.2 Å². The molecule has 1 aliphatic rings. The monoisotopic (exact) mass is 192 g/mol. The highest BCUT2D eigenvalue weighted by atomic mass is 32.2. The summed E-state index contributed by atoms with van der Waals surface area (Å²) in [6.07, 6.45) is 2.09. The van der Waals surface area contributed by atoms with Crippen molar-refractivity contribution in [3.05, 3.63) is 0 Å². The highest BCUT2D eigenvalue weighted by Crippen LogP contribution is 2.44. The Morgan fingerprint density at radius 3 is 2.45 bits per heavy atom. The van der Waals surface area contributed by atoms with Gasteiger partial charge in [-0.25, -0.2) is 0 Å². The van der Waals surface area contributed by atoms with Crippen LogP contribution in [0.1, 0.15) is 26.7 Å². The fraction of sp³-hybridized carbons (Fsp3) is 1.00. The van der Waals surface area contributed by atoms with E-state index in [0.29, 0.717) is 0 Å². The molecule has 66 valence electrons. The molecule has 0 radical (unpaired) electrons. The van der Waals surface area contributed by atoms with Gasteiger partial charge in [0.05, 0.1) is 10.2 Å². The topological polar surface area (TPSA) is 20.2 Å². The molecule has 0 aromatic carbocycles. The fourth-order valence-electron chi connectivity index (χ4n) is 1.33. The van der Waals surface area contributed by atoms with Crippen molar-refractivity contribution < 1.29 is 5.11 Å². The van der Waals surface area contributed by atoms with Crippen LogP contribution < -0.4 is 0 Å². The number of aliphatic hydroxyl groups excluding tert-OH is 1. The van der Waals surface area contributed by atoms with Crippen molar-refractivity contribution in [3.63, 3.8) is 0 Å². The Kier molecular flexibility index (Phi) is 3.59. The van der Waals surface area contributed by atoms with Gasteiger partial charge in [0.25, 0.3) is 0 Å². The molecule has 0 aromatic heterocycles. The lowest BCUT2D eigenvalue weighted by Crippen LogP contribution is -2.25. The van der Waals surface area contributed by atoms with Crippen molar-refractivity contribution in [2.45, 2.75) is 36.9 Å². The SMILES string of the molecule is C[C@H](O)CC1(C)SCCCS1. The average Bonchev–Trinajstić information content (AvgIpc) is 1.85. The summed E-state index contributed by atoms with van der Waals surface area (Å²) in [4.78, 5) is 0. The van der Waals surface area contributed by atoms with Gasteiger partial charge in [0.1, 0.15) is 0 Å². The summed E-state index contributed by atoms with van der Waals surface area (Å²) in [6, 6.07) is 0. The molecule has 0 bridgehead atoms. The van der Waals surface area contributed by atoms with E-state index >= 15 is 0 Å². The molecule has 0 unspecified atom stereocenters. The van der Waals surface area contributed by atoms with E-state index in [1.165, 1.54) is 17.9 Å². The molecule has 0 saturated carbocycles. The molecule has 0 spiro atoms. The summed E-state index contributed by atoms with van der Waals surface area (Å²) in [5.74, 6) is 2.52. The molecule has 1 heterocycles. The Labute approximate surface area is 77.3 Å². The smallest absolute Gasteiger partial charge is 0.0607 e. The standard InChI is InChI=1S/C8H16OS2/c1-7(9)6-8(2)10-4-3-5-11-8/h7,9H,3-6H2,1-2H3/t7-/m0/s1. The maximum atomic E-state index is 9.24. The van der Waals surface area contributed by atoms with Gasteiger partial charge in [-0.3, -0.25) is 0 Å². The summed E-state index contributed by atoms with van der Waals surface area (Å²) in [5, 5.41) is 9.24. The molecule has 3 heteroatoms. The minimum absolute atomic E-state index is 0.155. The van der Waals surface area contributed by atoms with Gasteiger partial charge in [0.15, 0.2) is 0 Å². The van der Waals surface area contributed by atoms with Crippen LogP contribution >= 0.6 is 23.5 Å². The lowest BCUT2D eigenvalue weighted by Gasteiger charge is -2.33. The second-order valence-corrected chi connectivity index (χ2v) is 6.69. The first kappa shape index (κ1) is 9.75. The summed E-state index contributed by atoms with van der Waals surface area (Å²) in [7, 11) is 0. The maximum Gasteiger partial charge on any atom is 0.0607 e. The van der Waals surface area contributed by atoms with Crippen LogP contribution in [-0.4, -0.2) is 26.8 Å². The zero-order valence-corrected chi connectivity index (χ0v) is 8.80. The summed E-state index contributed by atoms with van der Waals surface area (Å²) in [6.45, 7) is 4.12. The maximum absolute atomic E-state index is 9.24. The van der Waals surface area contributed by atoms with Gasteiger partial charge in [-0.05, 0) is 38.2 Å². The largest absolute Gasteiger partial charge is 0.393 e. The van der Waals surface area contributed by atoms with E-state index in [1.807, 2.05) is 30.4 Å². The van der Waals surface area contributed by atoms with Crippen LogP contribution in [0.3, 0.4) is 0 Å². The van der Waals surface area contributed by atoms with Crippen molar-refractivity contribution in [1.82, 2.24) is 0 Å². The lowest BCUT2D eigenvalue weighted by molar-refractivity contribution is 0.182. The molecular formula is C8H16OS2. The third kappa shape index (κ3) is 3.26. The van der Waals surface area contributed by atoms with Crippen LogP contribution in [0.2, 0.25) is 0 Å². The average molecular weight is 192 g/mol. The summed E-state index contributed by atoms with van der Waals surface area (Å²) < 4.78 is 0.284. The zero-order chi connectivity index (χ0) is 8.32. The van der Waals surface area contributed by atoms with E-state index < -0.39 is 0 Å². The molecule has 1 rings (SSSR count). The van der Waals surface area contributed by atoms with Gasteiger partial charge in [-0.1, -0.05) is 0 Å². The molecule has 11 heavy (non-hydrogen) atoms. The van der Waals surface area contributed by atoms with E-state index in [1.54, 1.807) is 0 Å². The minimum Gasteiger partial charge on any atom is -0.393 e. The third-order valence-electron chi connectivity index (χ3n) is 1.77. The Morgan fingerprint density at radius 1 is 1.45 bits per heavy atom. The van der Waals surface area contributed by atoms with Crippen LogP contribution in [0.5, 0.6) is 0 Å². The number of rotatable bonds is 2. The van der Waals surface area contributed by atoms with Gasteiger partial charge >= 0.3 is 0 Å². The van der Waals surface area contributed by atoms with Gasteiger partial charge < -0.3 is 5.11 Å². The molecule has 1 atom stereocenters. The summed E-state index contributed by atoms with van der Waals surface area (Å²) in [5.41, 5.74) is 0. The molecule has 0 amide bonds. The van der Waals surface area contributed by atoms with Crippen LogP contribution in [0, 0.1) is 0 Å². The van der Waals surface area contributed by atoms with Crippen molar-refractivity contribution >= 4 is 23.5 Å². The fourth-order valence-corrected chi connectivity index (χ4v) is 4.51. The Morgan fingerprint density at radius 2 is 2.00 bits per heavy atom. The number of hydrogen-bond donors (Lipinski definition) is 1. The van der Waals surface area contributed by atoms with Gasteiger partial charge in [0.2, 0.25) is 0 Å². The molecule has 1 nitrogen and oxygen atoms in total. The van der Waals surface area contributed by atoms with Crippen LogP contribution in [0.4, 0.5) is 0 Å². The van der Waals surface area contributed by atoms with Crippen molar-refractivity contribution in [2.75, 3.05) is 11.5 Å². The van der Waals surface area contributed by atoms with Crippen LogP contribution in [0.25, 0.3) is 0 Å². The Bertz CT molecular complexity index is 119. The first-order chi connectivity index (χ1) is 5.12. The van der Waals surface area contributed by atoms with E-state index in [9.17, 15) is 5.11 Å². The highest BCUT2D eigenvalue weighted by Gasteiger charge is 2.29. The number of hydrogen-bond acceptors (Lipinski definition) is 3. The molecule has 0 aromatic rings. The molecule has 1 fully saturated rings. The van der Waals surface area contributed by atoms with Crippen molar-refractivity contribution in [3.8, 4) is 0 Å². The second kappa shape index (κ2) is 4.06. The number of thioether (sulfide) groups is 2. The number of aliphatic hydroxyl groups is 1. The Balaban J connectivity index is 2.37. The minimum atomic E-state index is -0.155.